The first-order valence-electron chi connectivity index (χ1n) is 4.12. The minimum atomic E-state index is -3.08. The largest absolute Gasteiger partial charge is 0.481 e. The molecule has 1 aromatic rings. The molecular weight excluding hydrogens is 222 g/mol. The van der Waals surface area contributed by atoms with Crippen LogP contribution in [0.4, 0.5) is 8.78 Å². The Bertz CT molecular complexity index is 516. The Hall–Kier alpha value is -2.23. The monoisotopic (exact) mass is 228 g/mol. The van der Waals surface area contributed by atoms with Crippen LogP contribution in [-0.2, 0) is 11.2 Å². The van der Waals surface area contributed by atoms with Crippen molar-refractivity contribution in [3.63, 3.8) is 0 Å². The maximum absolute atomic E-state index is 12.5. The number of aromatic nitrogens is 1. The molecule has 0 bridgehead atoms. The summed E-state index contributed by atoms with van der Waals surface area (Å²) in [5.41, 5.74) is -2.62. The van der Waals surface area contributed by atoms with Crippen molar-refractivity contribution in [3.05, 3.63) is 33.2 Å². The Morgan fingerprint density at radius 1 is 1.62 bits per heavy atom. The van der Waals surface area contributed by atoms with E-state index in [1.54, 1.807) is 6.07 Å². The molecule has 0 atom stereocenters. The summed E-state index contributed by atoms with van der Waals surface area (Å²) in [6, 6.07) is 2.27. The number of carboxylic acids is 1. The van der Waals surface area contributed by atoms with Crippen molar-refractivity contribution in [2.24, 2.45) is 0 Å². The molecule has 1 heterocycles. The van der Waals surface area contributed by atoms with Crippen LogP contribution in [0.1, 0.15) is 23.4 Å². The summed E-state index contributed by atoms with van der Waals surface area (Å²) in [4.78, 5) is 23.8. The molecule has 84 valence electrons. The highest BCUT2D eigenvalue weighted by molar-refractivity contribution is 5.70. The third-order valence-corrected chi connectivity index (χ3v) is 1.82. The normalized spacial score (nSPS) is 10.1. The summed E-state index contributed by atoms with van der Waals surface area (Å²) in [7, 11) is 0. The number of carboxylic acid groups (broad SMARTS) is 1. The average Bonchev–Trinajstić information content (AvgIpc) is 2.14. The first-order valence-corrected chi connectivity index (χ1v) is 4.12. The van der Waals surface area contributed by atoms with E-state index in [4.69, 9.17) is 10.4 Å². The third kappa shape index (κ3) is 2.42. The second-order valence-corrected chi connectivity index (χ2v) is 2.92. The van der Waals surface area contributed by atoms with Gasteiger partial charge in [0.25, 0.3) is 6.43 Å². The van der Waals surface area contributed by atoms with Gasteiger partial charge >= 0.3 is 5.97 Å². The molecule has 0 saturated heterocycles. The molecule has 0 saturated carbocycles. The summed E-state index contributed by atoms with van der Waals surface area (Å²) in [5.74, 6) is -1.37. The number of carbonyl (C=O) groups is 1. The number of pyridine rings is 1. The minimum absolute atomic E-state index is 0.245. The highest BCUT2D eigenvalue weighted by Crippen LogP contribution is 2.18. The fraction of sp³-hybridized carbons (Fsp3) is 0.222. The van der Waals surface area contributed by atoms with Crippen LogP contribution in [0.2, 0.25) is 0 Å². The molecule has 0 amide bonds. The SMILES string of the molecule is N#Cc1cc(=O)c(C(F)F)c(CC(=O)O)[nH]1. The van der Waals surface area contributed by atoms with E-state index in [1.165, 1.54) is 0 Å². The highest BCUT2D eigenvalue weighted by atomic mass is 19.3. The Labute approximate surface area is 88.0 Å². The number of hydrogen-bond acceptors (Lipinski definition) is 3. The first kappa shape index (κ1) is 11.8. The van der Waals surface area contributed by atoms with Crippen LogP contribution >= 0.6 is 0 Å². The van der Waals surface area contributed by atoms with Gasteiger partial charge < -0.3 is 10.1 Å². The number of nitrogens with zero attached hydrogens (tertiary/aromatic N) is 1. The molecule has 2 N–H and O–H groups in total. The van der Waals surface area contributed by atoms with E-state index in [0.29, 0.717) is 6.07 Å². The lowest BCUT2D eigenvalue weighted by Gasteiger charge is -2.06. The van der Waals surface area contributed by atoms with Crippen LogP contribution in [0, 0.1) is 11.3 Å². The Balaban J connectivity index is 3.41. The molecule has 16 heavy (non-hydrogen) atoms. The number of aliphatic carboxylic acids is 1. The van der Waals surface area contributed by atoms with Gasteiger partial charge in [0.1, 0.15) is 11.8 Å². The Morgan fingerprint density at radius 3 is 2.69 bits per heavy atom. The van der Waals surface area contributed by atoms with Crippen LogP contribution in [0.5, 0.6) is 0 Å². The van der Waals surface area contributed by atoms with E-state index in [0.717, 1.165) is 0 Å². The molecule has 7 heteroatoms. The number of H-pyrrole nitrogens is 1. The van der Waals surface area contributed by atoms with E-state index in [1.807, 2.05) is 0 Å². The molecule has 0 aliphatic heterocycles. The maximum Gasteiger partial charge on any atom is 0.309 e. The van der Waals surface area contributed by atoms with E-state index < -0.39 is 35.5 Å². The highest BCUT2D eigenvalue weighted by Gasteiger charge is 2.20. The van der Waals surface area contributed by atoms with Crippen molar-refractivity contribution in [3.8, 4) is 6.07 Å². The zero-order chi connectivity index (χ0) is 12.3. The lowest BCUT2D eigenvalue weighted by Crippen LogP contribution is -2.17. The second-order valence-electron chi connectivity index (χ2n) is 2.92. The lowest BCUT2D eigenvalue weighted by atomic mass is 10.1. The molecule has 0 unspecified atom stereocenters. The lowest BCUT2D eigenvalue weighted by molar-refractivity contribution is -0.136. The van der Waals surface area contributed by atoms with E-state index in [2.05, 4.69) is 4.98 Å². The van der Waals surface area contributed by atoms with Gasteiger partial charge in [-0.25, -0.2) is 8.78 Å². The molecule has 0 aliphatic rings. The van der Waals surface area contributed by atoms with Gasteiger partial charge in [0.15, 0.2) is 5.43 Å². The predicted octanol–water partition coefficient (Wildman–Crippen LogP) is 0.811. The zero-order valence-electron chi connectivity index (χ0n) is 7.83. The number of rotatable bonds is 3. The predicted molar refractivity (Wildman–Crippen MR) is 48.1 cm³/mol. The molecule has 1 rings (SSSR count). The molecule has 1 aromatic heterocycles. The van der Waals surface area contributed by atoms with Crippen molar-refractivity contribution in [2.45, 2.75) is 12.8 Å². The molecule has 0 spiro atoms. The maximum atomic E-state index is 12.5. The fourth-order valence-electron chi connectivity index (χ4n) is 1.21. The smallest absolute Gasteiger partial charge is 0.309 e. The Morgan fingerprint density at radius 2 is 2.25 bits per heavy atom. The zero-order valence-corrected chi connectivity index (χ0v) is 7.83. The van der Waals surface area contributed by atoms with E-state index >= 15 is 0 Å². The second kappa shape index (κ2) is 4.53. The van der Waals surface area contributed by atoms with Crippen LogP contribution in [0.15, 0.2) is 10.9 Å². The summed E-state index contributed by atoms with van der Waals surface area (Å²) < 4.78 is 25.0. The first-order chi connectivity index (χ1) is 7.45. The van der Waals surface area contributed by atoms with Gasteiger partial charge in [-0.15, -0.1) is 0 Å². The van der Waals surface area contributed by atoms with Crippen molar-refractivity contribution in [1.29, 1.82) is 5.26 Å². The summed E-state index contributed by atoms with van der Waals surface area (Å²) in [6.07, 6.45) is -3.84. The molecule has 0 aliphatic carbocycles. The number of nitriles is 1. The van der Waals surface area contributed by atoms with Crippen LogP contribution in [0.25, 0.3) is 0 Å². The number of nitrogens with one attached hydrogen (secondary N) is 1. The molecule has 0 radical (unpaired) electrons. The molecule has 5 nitrogen and oxygen atoms in total. The third-order valence-electron chi connectivity index (χ3n) is 1.82. The van der Waals surface area contributed by atoms with E-state index in [-0.39, 0.29) is 5.69 Å². The number of halogens is 2. The molecular formula is C9H6F2N2O3. The number of aromatic amines is 1. The number of alkyl halides is 2. The van der Waals surface area contributed by atoms with Crippen LogP contribution in [0.3, 0.4) is 0 Å². The van der Waals surface area contributed by atoms with Gasteiger partial charge in [0, 0.05) is 11.8 Å². The average molecular weight is 228 g/mol. The van der Waals surface area contributed by atoms with Crippen LogP contribution in [-0.4, -0.2) is 16.1 Å². The summed E-state index contributed by atoms with van der Waals surface area (Å²) >= 11 is 0. The van der Waals surface area contributed by atoms with Crippen molar-refractivity contribution < 1.29 is 18.7 Å². The van der Waals surface area contributed by atoms with Gasteiger partial charge in [-0.1, -0.05) is 0 Å². The van der Waals surface area contributed by atoms with Gasteiger partial charge in [0.05, 0.1) is 12.0 Å². The van der Waals surface area contributed by atoms with Gasteiger partial charge in [-0.05, 0) is 0 Å². The van der Waals surface area contributed by atoms with Crippen molar-refractivity contribution >= 4 is 5.97 Å². The van der Waals surface area contributed by atoms with Crippen molar-refractivity contribution in [2.75, 3.05) is 0 Å². The molecule has 0 fully saturated rings. The van der Waals surface area contributed by atoms with E-state index in [9.17, 15) is 18.4 Å². The van der Waals surface area contributed by atoms with Gasteiger partial charge in [-0.3, -0.25) is 9.59 Å². The van der Waals surface area contributed by atoms with Crippen LogP contribution < -0.4 is 5.43 Å². The quantitative estimate of drug-likeness (QED) is 0.800. The standard InChI is InChI=1S/C9H6F2N2O3/c10-9(11)8-5(2-7(15)16)13-4(3-12)1-6(8)14/h1,9H,2H2,(H,13,14)(H,15,16). The van der Waals surface area contributed by atoms with Crippen molar-refractivity contribution in [1.82, 2.24) is 4.98 Å². The minimum Gasteiger partial charge on any atom is -0.481 e. The topological polar surface area (TPSA) is 93.9 Å². The number of hydrogen-bond donors (Lipinski definition) is 2. The summed E-state index contributed by atoms with van der Waals surface area (Å²) in [6.45, 7) is 0. The van der Waals surface area contributed by atoms with Gasteiger partial charge in [0.2, 0.25) is 0 Å². The summed E-state index contributed by atoms with van der Waals surface area (Å²) in [5, 5.41) is 17.0. The fourth-order valence-corrected chi connectivity index (χ4v) is 1.21. The Kier molecular flexibility index (Phi) is 3.35. The molecule has 0 aromatic carbocycles. The van der Waals surface area contributed by atoms with Gasteiger partial charge in [-0.2, -0.15) is 5.26 Å².